The Kier molecular flexibility index (Phi) is 10.6. The van der Waals surface area contributed by atoms with Crippen LogP contribution in [0.4, 0.5) is 5.69 Å². The zero-order valence-corrected chi connectivity index (χ0v) is 26.5. The summed E-state index contributed by atoms with van der Waals surface area (Å²) in [5.74, 6) is -0.758. The molecule has 0 spiro atoms. The highest BCUT2D eigenvalue weighted by Gasteiger charge is 2.34. The SMILES string of the molecule is CCC(C(=O)NC1CCCC1)N(Cc1ccc(Cl)c(Cl)c1)C(=O)CN(c1ccc(C)cc1)S(=O)(=O)c1ccc(C)cc1. The van der Waals surface area contributed by atoms with Gasteiger partial charge in [-0.05, 0) is 75.1 Å². The Labute approximate surface area is 258 Å². The lowest BCUT2D eigenvalue weighted by Gasteiger charge is -2.34. The van der Waals surface area contributed by atoms with Crippen molar-refractivity contribution in [3.63, 3.8) is 0 Å². The highest BCUT2D eigenvalue weighted by atomic mass is 35.5. The molecule has 4 rings (SSSR count). The van der Waals surface area contributed by atoms with Gasteiger partial charge in [0.05, 0.1) is 20.6 Å². The van der Waals surface area contributed by atoms with Gasteiger partial charge in [-0.1, -0.05) is 84.4 Å². The number of carbonyl (C=O) groups excluding carboxylic acids is 2. The molecule has 1 saturated carbocycles. The third-order valence-electron chi connectivity index (χ3n) is 7.63. The number of rotatable bonds is 11. The predicted octanol–water partition coefficient (Wildman–Crippen LogP) is 6.67. The quantitative estimate of drug-likeness (QED) is 0.256. The zero-order valence-electron chi connectivity index (χ0n) is 24.1. The Morgan fingerprint density at radius 3 is 2.07 bits per heavy atom. The number of nitrogens with zero attached hydrogens (tertiary/aromatic N) is 2. The van der Waals surface area contributed by atoms with E-state index in [1.54, 1.807) is 54.6 Å². The number of hydrogen-bond acceptors (Lipinski definition) is 4. The van der Waals surface area contributed by atoms with Crippen molar-refractivity contribution in [3.05, 3.63) is 93.5 Å². The minimum absolute atomic E-state index is 0.0542. The van der Waals surface area contributed by atoms with Crippen LogP contribution in [0.3, 0.4) is 0 Å². The number of carbonyl (C=O) groups is 2. The van der Waals surface area contributed by atoms with E-state index in [-0.39, 0.29) is 23.4 Å². The lowest BCUT2D eigenvalue weighted by Crippen LogP contribution is -2.53. The van der Waals surface area contributed by atoms with Gasteiger partial charge in [0.25, 0.3) is 10.0 Å². The summed E-state index contributed by atoms with van der Waals surface area (Å²) in [6.45, 7) is 5.18. The van der Waals surface area contributed by atoms with Crippen LogP contribution in [0, 0.1) is 13.8 Å². The van der Waals surface area contributed by atoms with E-state index in [0.717, 1.165) is 41.1 Å². The van der Waals surface area contributed by atoms with Crippen LogP contribution in [0.5, 0.6) is 0 Å². The van der Waals surface area contributed by atoms with E-state index < -0.39 is 28.5 Å². The highest BCUT2D eigenvalue weighted by Crippen LogP contribution is 2.27. The van der Waals surface area contributed by atoms with Crippen molar-refractivity contribution in [3.8, 4) is 0 Å². The van der Waals surface area contributed by atoms with Gasteiger partial charge < -0.3 is 10.2 Å². The van der Waals surface area contributed by atoms with Gasteiger partial charge in [-0.15, -0.1) is 0 Å². The maximum Gasteiger partial charge on any atom is 0.264 e. The molecule has 1 N–H and O–H groups in total. The first-order chi connectivity index (χ1) is 20.0. The third-order valence-corrected chi connectivity index (χ3v) is 10.2. The Morgan fingerprint density at radius 1 is 0.905 bits per heavy atom. The number of anilines is 1. The Bertz CT molecular complexity index is 1510. The summed E-state index contributed by atoms with van der Waals surface area (Å²) in [5, 5.41) is 3.81. The molecule has 3 aromatic rings. The number of benzene rings is 3. The first kappa shape index (κ1) is 31.9. The first-order valence-corrected chi connectivity index (χ1v) is 16.4. The van der Waals surface area contributed by atoms with Crippen molar-refractivity contribution in [1.29, 1.82) is 0 Å². The third kappa shape index (κ3) is 7.65. The average Bonchev–Trinajstić information content (AvgIpc) is 3.47. The van der Waals surface area contributed by atoms with Crippen LogP contribution in [0.25, 0.3) is 0 Å². The lowest BCUT2D eigenvalue weighted by atomic mass is 10.1. The number of nitrogens with one attached hydrogen (secondary N) is 1. The average molecular weight is 631 g/mol. The molecule has 0 saturated heterocycles. The van der Waals surface area contributed by atoms with Crippen LogP contribution < -0.4 is 9.62 Å². The van der Waals surface area contributed by atoms with Crippen molar-refractivity contribution in [2.45, 2.75) is 76.4 Å². The number of amides is 2. The fraction of sp³-hybridized carbons (Fsp3) is 0.375. The molecule has 0 heterocycles. The number of hydrogen-bond donors (Lipinski definition) is 1. The van der Waals surface area contributed by atoms with Gasteiger partial charge in [-0.2, -0.15) is 0 Å². The largest absolute Gasteiger partial charge is 0.352 e. The molecule has 1 fully saturated rings. The molecule has 1 aliphatic rings. The van der Waals surface area contributed by atoms with E-state index in [9.17, 15) is 18.0 Å². The van der Waals surface area contributed by atoms with Crippen molar-refractivity contribution < 1.29 is 18.0 Å². The molecule has 1 atom stereocenters. The second kappa shape index (κ2) is 13.9. The van der Waals surface area contributed by atoms with Gasteiger partial charge >= 0.3 is 0 Å². The number of sulfonamides is 1. The normalized spacial score (nSPS) is 14.4. The Balaban J connectivity index is 1.72. The standard InChI is InChI=1S/C32H37Cl2N3O4S/c1-4-30(32(39)35-25-7-5-6-8-25)36(20-24-13-18-28(33)29(34)19-24)31(38)21-37(26-14-9-22(2)10-15-26)42(40,41)27-16-11-23(3)12-17-27/h9-19,25,30H,4-8,20-21H2,1-3H3,(H,35,39). The maximum atomic E-state index is 14.2. The molecule has 1 unspecified atom stereocenters. The van der Waals surface area contributed by atoms with Crippen molar-refractivity contribution in [2.24, 2.45) is 0 Å². The van der Waals surface area contributed by atoms with Gasteiger partial charge in [0, 0.05) is 12.6 Å². The van der Waals surface area contributed by atoms with E-state index in [1.807, 2.05) is 20.8 Å². The molecule has 0 bridgehead atoms. The molecule has 3 aromatic carbocycles. The predicted molar refractivity (Wildman–Crippen MR) is 168 cm³/mol. The van der Waals surface area contributed by atoms with Crippen molar-refractivity contribution in [2.75, 3.05) is 10.8 Å². The molecular formula is C32H37Cl2N3O4S. The molecule has 224 valence electrons. The summed E-state index contributed by atoms with van der Waals surface area (Å²) in [7, 11) is -4.12. The molecule has 0 radical (unpaired) electrons. The molecule has 0 aliphatic heterocycles. The van der Waals surface area contributed by atoms with Crippen LogP contribution in [0.1, 0.15) is 55.7 Å². The van der Waals surface area contributed by atoms with Crippen molar-refractivity contribution in [1.82, 2.24) is 10.2 Å². The highest BCUT2D eigenvalue weighted by molar-refractivity contribution is 7.92. The van der Waals surface area contributed by atoms with Gasteiger partial charge in [-0.3, -0.25) is 13.9 Å². The summed E-state index contributed by atoms with van der Waals surface area (Å²) in [6, 6.07) is 17.8. The van der Waals surface area contributed by atoms with Gasteiger partial charge in [-0.25, -0.2) is 8.42 Å². The first-order valence-electron chi connectivity index (χ1n) is 14.2. The van der Waals surface area contributed by atoms with Crippen molar-refractivity contribution >= 4 is 50.7 Å². The van der Waals surface area contributed by atoms with Crippen LogP contribution in [0.2, 0.25) is 10.0 Å². The van der Waals surface area contributed by atoms with Gasteiger partial charge in [0.1, 0.15) is 12.6 Å². The summed E-state index contributed by atoms with van der Waals surface area (Å²) in [4.78, 5) is 29.3. The maximum absolute atomic E-state index is 14.2. The number of halogens is 2. The lowest BCUT2D eigenvalue weighted by molar-refractivity contribution is -0.140. The second-order valence-corrected chi connectivity index (χ2v) is 13.5. The minimum Gasteiger partial charge on any atom is -0.352 e. The summed E-state index contributed by atoms with van der Waals surface area (Å²) in [5.41, 5.74) is 2.90. The second-order valence-electron chi connectivity index (χ2n) is 10.8. The van der Waals surface area contributed by atoms with E-state index in [4.69, 9.17) is 23.2 Å². The fourth-order valence-corrected chi connectivity index (χ4v) is 6.93. The van der Waals surface area contributed by atoms with Crippen LogP contribution in [-0.4, -0.2) is 43.8 Å². The molecule has 1 aliphatic carbocycles. The topological polar surface area (TPSA) is 86.8 Å². The molecule has 42 heavy (non-hydrogen) atoms. The summed E-state index contributed by atoms with van der Waals surface area (Å²) < 4.78 is 29.1. The Hall–Kier alpha value is -3.07. The van der Waals surface area contributed by atoms with Gasteiger partial charge in [0.2, 0.25) is 11.8 Å². The smallest absolute Gasteiger partial charge is 0.264 e. The van der Waals surface area contributed by atoms with E-state index >= 15 is 0 Å². The molecule has 7 nitrogen and oxygen atoms in total. The molecule has 2 amide bonds. The zero-order chi connectivity index (χ0) is 30.4. The van der Waals surface area contributed by atoms with Crippen LogP contribution in [0.15, 0.2) is 71.6 Å². The fourth-order valence-electron chi connectivity index (χ4n) is 5.20. The molecule has 10 heteroatoms. The van der Waals surface area contributed by atoms with Gasteiger partial charge in [0.15, 0.2) is 0 Å². The summed E-state index contributed by atoms with van der Waals surface area (Å²) >= 11 is 12.4. The minimum atomic E-state index is -4.12. The summed E-state index contributed by atoms with van der Waals surface area (Å²) in [6.07, 6.45) is 4.25. The van der Waals surface area contributed by atoms with E-state index in [2.05, 4.69) is 5.32 Å². The number of aryl methyl sites for hydroxylation is 2. The van der Waals surface area contributed by atoms with E-state index in [0.29, 0.717) is 27.7 Å². The monoisotopic (exact) mass is 629 g/mol. The van der Waals surface area contributed by atoms with Crippen LogP contribution >= 0.6 is 23.2 Å². The molecule has 0 aromatic heterocycles. The van der Waals surface area contributed by atoms with E-state index in [1.165, 1.54) is 17.0 Å². The Morgan fingerprint density at radius 2 is 1.50 bits per heavy atom. The molecular weight excluding hydrogens is 593 g/mol. The van der Waals surface area contributed by atoms with Crippen LogP contribution in [-0.2, 0) is 26.2 Å².